The zero-order chi connectivity index (χ0) is 13.3. The largest absolute Gasteiger partial charge is 0.415 e. The molecule has 0 bridgehead atoms. The lowest BCUT2D eigenvalue weighted by Crippen LogP contribution is -2.63. The number of hydrogen-bond acceptors (Lipinski definition) is 3. The molecule has 7 heteroatoms. The second-order valence-electron chi connectivity index (χ2n) is 4.58. The fraction of sp³-hybridized carbons (Fsp3) is 0.900. The predicted molar refractivity (Wildman–Crippen MR) is 55.2 cm³/mol. The van der Waals surface area contributed by atoms with E-state index in [1.807, 2.05) is 6.92 Å². The van der Waals surface area contributed by atoms with Crippen molar-refractivity contribution in [2.75, 3.05) is 6.61 Å². The van der Waals surface area contributed by atoms with E-state index in [0.29, 0.717) is 26.4 Å². The third-order valence-corrected chi connectivity index (χ3v) is 2.88. The summed E-state index contributed by atoms with van der Waals surface area (Å²) in [5.41, 5.74) is 2.17. The Morgan fingerprint density at radius 3 is 2.53 bits per heavy atom. The van der Waals surface area contributed by atoms with Crippen molar-refractivity contribution >= 4 is 5.91 Å². The van der Waals surface area contributed by atoms with Gasteiger partial charge in [0.2, 0.25) is 5.91 Å². The molecule has 1 aliphatic heterocycles. The summed E-state index contributed by atoms with van der Waals surface area (Å²) in [6, 6.07) is -0.309. The number of nitrogens with two attached hydrogens (primary N) is 1. The van der Waals surface area contributed by atoms with Crippen LogP contribution in [0.1, 0.15) is 26.7 Å². The molecule has 0 aromatic rings. The summed E-state index contributed by atoms with van der Waals surface area (Å²) >= 11 is 0. The highest BCUT2D eigenvalue weighted by Gasteiger charge is 2.54. The molecule has 0 aromatic heterocycles. The Morgan fingerprint density at radius 1 is 1.47 bits per heavy atom. The van der Waals surface area contributed by atoms with E-state index in [2.05, 4.69) is 5.32 Å². The van der Waals surface area contributed by atoms with Crippen molar-refractivity contribution in [3.05, 3.63) is 0 Å². The third-order valence-electron chi connectivity index (χ3n) is 2.88. The van der Waals surface area contributed by atoms with Gasteiger partial charge >= 0.3 is 6.18 Å². The van der Waals surface area contributed by atoms with Crippen LogP contribution in [0.15, 0.2) is 0 Å². The summed E-state index contributed by atoms with van der Waals surface area (Å²) in [5, 5.41) is 2.33. The van der Waals surface area contributed by atoms with E-state index < -0.39 is 17.6 Å². The first-order valence-electron chi connectivity index (χ1n) is 5.42. The van der Waals surface area contributed by atoms with Gasteiger partial charge in [0.1, 0.15) is 0 Å². The summed E-state index contributed by atoms with van der Waals surface area (Å²) in [7, 11) is 0. The van der Waals surface area contributed by atoms with E-state index in [1.54, 1.807) is 0 Å². The molecular weight excluding hydrogens is 237 g/mol. The number of rotatable bonds is 2. The summed E-state index contributed by atoms with van der Waals surface area (Å²) in [5.74, 6) is -1.19. The molecule has 1 rings (SSSR count). The van der Waals surface area contributed by atoms with E-state index in [1.165, 1.54) is 0 Å². The highest BCUT2D eigenvalue weighted by molar-refractivity contribution is 5.86. The maximum atomic E-state index is 12.5. The Hall–Kier alpha value is -0.820. The smallest absolute Gasteiger partial charge is 0.378 e. The fourth-order valence-electron chi connectivity index (χ4n) is 1.59. The van der Waals surface area contributed by atoms with Gasteiger partial charge in [-0.2, -0.15) is 13.2 Å². The van der Waals surface area contributed by atoms with Gasteiger partial charge in [-0.15, -0.1) is 0 Å². The van der Waals surface area contributed by atoms with E-state index in [4.69, 9.17) is 10.5 Å². The van der Waals surface area contributed by atoms with Crippen molar-refractivity contribution in [1.29, 1.82) is 0 Å². The van der Waals surface area contributed by atoms with Crippen LogP contribution < -0.4 is 11.1 Å². The minimum absolute atomic E-state index is 0.0658. The molecule has 0 saturated carbocycles. The average molecular weight is 254 g/mol. The Kier molecular flexibility index (Phi) is 4.03. The average Bonchev–Trinajstić information content (AvgIpc) is 2.15. The van der Waals surface area contributed by atoms with Gasteiger partial charge in [-0.1, -0.05) is 0 Å². The first-order chi connectivity index (χ1) is 7.64. The van der Waals surface area contributed by atoms with Gasteiger partial charge in [0.15, 0.2) is 5.54 Å². The number of hydrogen-bond donors (Lipinski definition) is 2. The zero-order valence-corrected chi connectivity index (χ0v) is 9.80. The van der Waals surface area contributed by atoms with Crippen LogP contribution >= 0.6 is 0 Å². The monoisotopic (exact) mass is 254 g/mol. The third kappa shape index (κ3) is 3.32. The highest BCUT2D eigenvalue weighted by atomic mass is 19.4. The van der Waals surface area contributed by atoms with Crippen molar-refractivity contribution < 1.29 is 22.7 Å². The minimum atomic E-state index is -4.76. The lowest BCUT2D eigenvalue weighted by Gasteiger charge is -2.32. The lowest BCUT2D eigenvalue weighted by molar-refractivity contribution is -0.188. The molecule has 1 heterocycles. The van der Waals surface area contributed by atoms with Gasteiger partial charge in [-0.05, 0) is 26.7 Å². The van der Waals surface area contributed by atoms with Gasteiger partial charge in [0.05, 0.1) is 6.10 Å². The number of amides is 1. The summed E-state index contributed by atoms with van der Waals surface area (Å²) in [6.07, 6.45) is -3.82. The fourth-order valence-corrected chi connectivity index (χ4v) is 1.59. The SMILES string of the molecule is CC1CC(NC(=O)C(C)(N)C(F)(F)F)CCO1. The topological polar surface area (TPSA) is 64.4 Å². The van der Waals surface area contributed by atoms with Crippen molar-refractivity contribution in [3.8, 4) is 0 Å². The molecular formula is C10H17F3N2O2. The van der Waals surface area contributed by atoms with Crippen LogP contribution in [0.3, 0.4) is 0 Å². The Balaban J connectivity index is 2.60. The molecule has 3 unspecified atom stereocenters. The van der Waals surface area contributed by atoms with E-state index in [0.717, 1.165) is 0 Å². The molecule has 3 N–H and O–H groups in total. The number of ether oxygens (including phenoxy) is 1. The summed E-state index contributed by atoms with van der Waals surface area (Å²) in [6.45, 7) is 2.91. The van der Waals surface area contributed by atoms with E-state index >= 15 is 0 Å². The standard InChI is InChI=1S/C10H17F3N2O2/c1-6-5-7(3-4-17-6)15-8(16)9(2,14)10(11,12)13/h6-7H,3-5,14H2,1-2H3,(H,15,16). The van der Waals surface area contributed by atoms with Crippen LogP contribution in [0.25, 0.3) is 0 Å². The summed E-state index contributed by atoms with van der Waals surface area (Å²) in [4.78, 5) is 11.5. The number of alkyl halides is 3. The van der Waals surface area contributed by atoms with Crippen LogP contribution in [0.5, 0.6) is 0 Å². The van der Waals surface area contributed by atoms with Gasteiger partial charge in [-0.25, -0.2) is 0 Å². The second-order valence-corrected chi connectivity index (χ2v) is 4.58. The normalized spacial score (nSPS) is 29.5. The Bertz CT molecular complexity index is 292. The van der Waals surface area contributed by atoms with Crippen molar-refractivity contribution in [3.63, 3.8) is 0 Å². The maximum Gasteiger partial charge on any atom is 0.415 e. The molecule has 1 saturated heterocycles. The number of carbonyl (C=O) groups excluding carboxylic acids is 1. The first kappa shape index (κ1) is 14.2. The first-order valence-corrected chi connectivity index (χ1v) is 5.42. The van der Waals surface area contributed by atoms with Crippen molar-refractivity contribution in [2.45, 2.75) is 50.6 Å². The molecule has 3 atom stereocenters. The zero-order valence-electron chi connectivity index (χ0n) is 9.80. The minimum Gasteiger partial charge on any atom is -0.378 e. The van der Waals surface area contributed by atoms with Gasteiger partial charge in [-0.3, -0.25) is 4.79 Å². The molecule has 100 valence electrons. The Morgan fingerprint density at radius 2 is 2.06 bits per heavy atom. The van der Waals surface area contributed by atoms with Crippen LogP contribution in [-0.4, -0.2) is 36.4 Å². The van der Waals surface area contributed by atoms with E-state index in [-0.39, 0.29) is 12.1 Å². The highest BCUT2D eigenvalue weighted by Crippen LogP contribution is 2.28. The second kappa shape index (κ2) is 4.81. The molecule has 1 fully saturated rings. The molecule has 1 aliphatic rings. The number of nitrogens with one attached hydrogen (secondary N) is 1. The van der Waals surface area contributed by atoms with E-state index in [9.17, 15) is 18.0 Å². The van der Waals surface area contributed by atoms with Crippen molar-refractivity contribution in [1.82, 2.24) is 5.32 Å². The van der Waals surface area contributed by atoms with Crippen molar-refractivity contribution in [2.24, 2.45) is 5.73 Å². The lowest BCUT2D eigenvalue weighted by atomic mass is 9.99. The quantitative estimate of drug-likeness (QED) is 0.771. The van der Waals surface area contributed by atoms with Gasteiger partial charge in [0, 0.05) is 12.6 Å². The Labute approximate surface area is 97.7 Å². The maximum absolute atomic E-state index is 12.5. The van der Waals surface area contributed by atoms with Crippen LogP contribution in [0, 0.1) is 0 Å². The van der Waals surface area contributed by atoms with Gasteiger partial charge in [0.25, 0.3) is 0 Å². The molecule has 1 amide bonds. The van der Waals surface area contributed by atoms with Crippen LogP contribution in [0.4, 0.5) is 13.2 Å². The van der Waals surface area contributed by atoms with Crippen LogP contribution in [-0.2, 0) is 9.53 Å². The molecule has 0 spiro atoms. The number of halogens is 3. The molecule has 0 aliphatic carbocycles. The summed E-state index contributed by atoms with van der Waals surface area (Å²) < 4.78 is 42.8. The molecule has 0 aromatic carbocycles. The molecule has 4 nitrogen and oxygen atoms in total. The number of carbonyl (C=O) groups is 1. The van der Waals surface area contributed by atoms with Crippen LogP contribution in [0.2, 0.25) is 0 Å². The predicted octanol–water partition coefficient (Wildman–Crippen LogP) is 0.950. The van der Waals surface area contributed by atoms with Gasteiger partial charge < -0.3 is 15.8 Å². The molecule has 0 radical (unpaired) electrons. The molecule has 17 heavy (non-hydrogen) atoms.